The van der Waals surface area contributed by atoms with Gasteiger partial charge >= 0.3 is 6.09 Å². The topological polar surface area (TPSA) is 79.3 Å². The Kier molecular flexibility index (Phi) is 7.87. The minimum Gasteiger partial charge on any atom is -0.491 e. The molecule has 9 heteroatoms. The van der Waals surface area contributed by atoms with Gasteiger partial charge in [-0.05, 0) is 61.9 Å². The first kappa shape index (κ1) is 22.7. The number of amides is 2. The predicted molar refractivity (Wildman–Crippen MR) is 111 cm³/mol. The Morgan fingerprint density at radius 2 is 2.07 bits per heavy atom. The van der Waals surface area contributed by atoms with Gasteiger partial charge in [0.15, 0.2) is 0 Å². The minimum absolute atomic E-state index is 0.0625. The lowest BCUT2D eigenvalue weighted by molar-refractivity contribution is -0.122. The van der Waals surface area contributed by atoms with E-state index >= 15 is 0 Å². The lowest BCUT2D eigenvalue weighted by Gasteiger charge is -2.41. The Balaban J connectivity index is 2.24. The molecule has 7 nitrogen and oxygen atoms in total. The monoisotopic (exact) mass is 508 g/mol. The maximum Gasteiger partial charge on any atom is 0.411 e. The molecular formula is C19H26FIN2O5. The van der Waals surface area contributed by atoms with Gasteiger partial charge in [0, 0.05) is 28.5 Å². The van der Waals surface area contributed by atoms with E-state index in [1.165, 1.54) is 4.90 Å². The Morgan fingerprint density at radius 3 is 2.68 bits per heavy atom. The molecule has 1 aromatic carbocycles. The maximum absolute atomic E-state index is 12.8. The number of anilines is 1. The molecule has 0 bridgehead atoms. The Hall–Kier alpha value is -1.62. The van der Waals surface area contributed by atoms with Crippen molar-refractivity contribution in [2.45, 2.75) is 38.8 Å². The number of carbonyl (C=O) groups is 2. The minimum atomic E-state index is -0.681. The van der Waals surface area contributed by atoms with E-state index in [0.717, 1.165) is 3.57 Å². The highest BCUT2D eigenvalue weighted by atomic mass is 127. The van der Waals surface area contributed by atoms with Crippen LogP contribution in [0, 0.1) is 3.57 Å². The van der Waals surface area contributed by atoms with Crippen LogP contribution in [0.2, 0.25) is 0 Å². The van der Waals surface area contributed by atoms with Crippen molar-refractivity contribution >= 4 is 40.3 Å². The van der Waals surface area contributed by atoms with E-state index in [4.69, 9.17) is 9.47 Å². The summed E-state index contributed by atoms with van der Waals surface area (Å²) in [5.74, 6) is 0.208. The second-order valence-corrected chi connectivity index (χ2v) is 8.71. The fraction of sp³-hybridized carbons (Fsp3) is 0.579. The van der Waals surface area contributed by atoms with Crippen molar-refractivity contribution in [3.05, 3.63) is 21.8 Å². The third-order valence-electron chi connectivity index (χ3n) is 4.04. The van der Waals surface area contributed by atoms with Gasteiger partial charge in [0.1, 0.15) is 31.2 Å². The first-order chi connectivity index (χ1) is 13.1. The van der Waals surface area contributed by atoms with Crippen molar-refractivity contribution in [2.24, 2.45) is 0 Å². The van der Waals surface area contributed by atoms with Crippen molar-refractivity contribution in [1.29, 1.82) is 0 Å². The van der Waals surface area contributed by atoms with Gasteiger partial charge in [-0.15, -0.1) is 0 Å². The standard InChI is InChI=1S/C19H26FIN2O5/c1-19(2,3)28-18(26)23-12-17(25)22(11-14(23)4-6-24)15-8-13(21)9-16(10-15)27-7-5-20/h8-10,14,24H,4-7,11-12H2,1-3H3/t14-/m0/s1. The number of piperazine rings is 1. The zero-order valence-corrected chi connectivity index (χ0v) is 18.4. The highest BCUT2D eigenvalue weighted by Gasteiger charge is 2.37. The molecule has 156 valence electrons. The van der Waals surface area contributed by atoms with E-state index in [1.807, 2.05) is 6.07 Å². The van der Waals surface area contributed by atoms with E-state index in [1.54, 1.807) is 37.8 Å². The highest BCUT2D eigenvalue weighted by molar-refractivity contribution is 14.1. The van der Waals surface area contributed by atoms with Crippen molar-refractivity contribution in [3.8, 4) is 5.75 Å². The second kappa shape index (κ2) is 9.73. The summed E-state index contributed by atoms with van der Waals surface area (Å²) in [5.41, 5.74) is -0.0725. The van der Waals surface area contributed by atoms with Crippen molar-refractivity contribution in [1.82, 2.24) is 4.90 Å². The number of hydrogen-bond donors (Lipinski definition) is 1. The number of rotatable bonds is 6. The Bertz CT molecular complexity index is 710. The second-order valence-electron chi connectivity index (χ2n) is 7.46. The van der Waals surface area contributed by atoms with Crippen LogP contribution in [0.25, 0.3) is 0 Å². The average molecular weight is 508 g/mol. The van der Waals surface area contributed by atoms with Crippen LogP contribution in [-0.4, -0.2) is 66.6 Å². The number of benzene rings is 1. The number of halogens is 2. The van der Waals surface area contributed by atoms with E-state index in [0.29, 0.717) is 17.9 Å². The van der Waals surface area contributed by atoms with Gasteiger partial charge in [-0.25, -0.2) is 9.18 Å². The molecule has 1 fully saturated rings. The molecule has 28 heavy (non-hydrogen) atoms. The van der Waals surface area contributed by atoms with Gasteiger partial charge in [0.05, 0.1) is 6.04 Å². The summed E-state index contributed by atoms with van der Waals surface area (Å²) in [7, 11) is 0. The number of nitrogens with zero attached hydrogens (tertiary/aromatic N) is 2. The zero-order valence-electron chi connectivity index (χ0n) is 16.3. The third-order valence-corrected chi connectivity index (χ3v) is 4.67. The van der Waals surface area contributed by atoms with Crippen LogP contribution in [0.3, 0.4) is 0 Å². The molecule has 2 rings (SSSR count). The summed E-state index contributed by atoms with van der Waals surface area (Å²) >= 11 is 2.10. The quantitative estimate of drug-likeness (QED) is 0.598. The summed E-state index contributed by atoms with van der Waals surface area (Å²) in [6, 6.07) is 4.87. The van der Waals surface area contributed by atoms with Crippen molar-refractivity contribution in [2.75, 3.05) is 37.9 Å². The lowest BCUT2D eigenvalue weighted by Crippen LogP contribution is -2.59. The highest BCUT2D eigenvalue weighted by Crippen LogP contribution is 2.29. The van der Waals surface area contributed by atoms with E-state index in [-0.39, 0.29) is 38.3 Å². The van der Waals surface area contributed by atoms with Gasteiger partial charge in [0.25, 0.3) is 0 Å². The van der Waals surface area contributed by atoms with Crippen LogP contribution in [0.5, 0.6) is 5.75 Å². The average Bonchev–Trinajstić information content (AvgIpc) is 2.59. The van der Waals surface area contributed by atoms with Gasteiger partial charge in [-0.1, -0.05) is 0 Å². The number of aliphatic hydroxyl groups is 1. The summed E-state index contributed by atoms with van der Waals surface area (Å²) in [6.07, 6.45) is -0.258. The van der Waals surface area contributed by atoms with E-state index in [9.17, 15) is 19.1 Å². The molecule has 1 heterocycles. The maximum atomic E-state index is 12.8. The summed E-state index contributed by atoms with van der Waals surface area (Å²) in [5, 5.41) is 9.42. The number of hydrogen-bond acceptors (Lipinski definition) is 5. The van der Waals surface area contributed by atoms with Crippen LogP contribution < -0.4 is 9.64 Å². The Labute approximate surface area is 177 Å². The number of alkyl halides is 1. The van der Waals surface area contributed by atoms with Gasteiger partial charge in [0.2, 0.25) is 5.91 Å². The molecule has 1 aromatic rings. The smallest absolute Gasteiger partial charge is 0.411 e. The lowest BCUT2D eigenvalue weighted by atomic mass is 10.1. The first-order valence-electron chi connectivity index (χ1n) is 9.05. The van der Waals surface area contributed by atoms with E-state index < -0.39 is 18.4 Å². The fourth-order valence-corrected chi connectivity index (χ4v) is 3.52. The van der Waals surface area contributed by atoms with Crippen LogP contribution in [0.1, 0.15) is 27.2 Å². The van der Waals surface area contributed by atoms with Gasteiger partial charge in [-0.3, -0.25) is 9.69 Å². The molecule has 2 amide bonds. The molecule has 0 aliphatic carbocycles. The molecule has 1 aliphatic rings. The number of carbonyl (C=O) groups excluding carboxylic acids is 2. The molecule has 0 spiro atoms. The molecular weight excluding hydrogens is 482 g/mol. The first-order valence-corrected chi connectivity index (χ1v) is 10.1. The summed E-state index contributed by atoms with van der Waals surface area (Å²) in [4.78, 5) is 28.2. The molecule has 1 saturated heterocycles. The summed E-state index contributed by atoms with van der Waals surface area (Å²) < 4.78 is 24.0. The normalized spacial score (nSPS) is 17.6. The number of ether oxygens (including phenoxy) is 2. The molecule has 0 saturated carbocycles. The van der Waals surface area contributed by atoms with Crippen LogP contribution in [0.15, 0.2) is 18.2 Å². The van der Waals surface area contributed by atoms with Gasteiger partial charge < -0.3 is 19.5 Å². The van der Waals surface area contributed by atoms with E-state index in [2.05, 4.69) is 22.6 Å². The molecule has 0 aromatic heterocycles. The largest absolute Gasteiger partial charge is 0.491 e. The Morgan fingerprint density at radius 1 is 1.36 bits per heavy atom. The molecule has 0 radical (unpaired) electrons. The summed E-state index contributed by atoms with van der Waals surface area (Å²) in [6.45, 7) is 4.56. The third kappa shape index (κ3) is 6.20. The molecule has 1 atom stereocenters. The molecule has 1 N–H and O–H groups in total. The van der Waals surface area contributed by atoms with Crippen molar-refractivity contribution in [3.63, 3.8) is 0 Å². The van der Waals surface area contributed by atoms with Gasteiger partial charge in [-0.2, -0.15) is 0 Å². The fourth-order valence-electron chi connectivity index (χ4n) is 2.89. The zero-order chi connectivity index (χ0) is 20.9. The van der Waals surface area contributed by atoms with Crippen LogP contribution in [0.4, 0.5) is 14.9 Å². The van der Waals surface area contributed by atoms with Crippen LogP contribution in [-0.2, 0) is 9.53 Å². The number of aliphatic hydroxyl groups excluding tert-OH is 1. The molecule has 0 unspecified atom stereocenters. The van der Waals surface area contributed by atoms with Crippen LogP contribution >= 0.6 is 22.6 Å². The van der Waals surface area contributed by atoms with Crippen molar-refractivity contribution < 1.29 is 28.6 Å². The predicted octanol–water partition coefficient (Wildman–Crippen LogP) is 2.97. The SMILES string of the molecule is CC(C)(C)OC(=O)N1CC(=O)N(c2cc(I)cc(OCCF)c2)C[C@@H]1CCO. The molecule has 1 aliphatic heterocycles.